The number of hydrogen-bond acceptors (Lipinski definition) is 2. The highest BCUT2D eigenvalue weighted by Gasteiger charge is 2.36. The zero-order chi connectivity index (χ0) is 16.8. The van der Waals surface area contributed by atoms with E-state index in [0.717, 1.165) is 35.8 Å². The topological polar surface area (TPSA) is 15.3 Å². The average Bonchev–Trinajstić information content (AvgIpc) is 3.10. The molecule has 4 atom stereocenters. The molecule has 2 nitrogen and oxygen atoms in total. The molecule has 138 valence electrons. The van der Waals surface area contributed by atoms with Gasteiger partial charge in [0.05, 0.1) is 0 Å². The maximum absolute atomic E-state index is 3.69. The minimum atomic E-state index is 0.811. The van der Waals surface area contributed by atoms with Gasteiger partial charge < -0.3 is 10.2 Å². The van der Waals surface area contributed by atoms with Crippen molar-refractivity contribution in [2.75, 3.05) is 20.1 Å². The molecular formula is C23H36N2. The van der Waals surface area contributed by atoms with Crippen molar-refractivity contribution in [3.63, 3.8) is 0 Å². The molecule has 0 aromatic rings. The summed E-state index contributed by atoms with van der Waals surface area (Å²) in [4.78, 5) is 2.60. The van der Waals surface area contributed by atoms with Crippen molar-refractivity contribution in [3.8, 4) is 0 Å². The maximum atomic E-state index is 3.69. The number of nitrogens with one attached hydrogen (secondary N) is 1. The molecule has 2 heterocycles. The normalized spacial score (nSPS) is 47.7. The molecule has 2 aliphatic heterocycles. The predicted molar refractivity (Wildman–Crippen MR) is 105 cm³/mol. The van der Waals surface area contributed by atoms with Crippen LogP contribution in [0.25, 0.3) is 0 Å². The Balaban J connectivity index is 1.18. The van der Waals surface area contributed by atoms with Gasteiger partial charge in [-0.15, -0.1) is 0 Å². The van der Waals surface area contributed by atoms with E-state index in [1.165, 1.54) is 77.3 Å². The molecule has 0 aromatic carbocycles. The molecule has 0 amide bonds. The molecule has 2 unspecified atom stereocenters. The molecule has 5 aliphatic rings. The summed E-state index contributed by atoms with van der Waals surface area (Å²) in [5, 5.41) is 3.69. The third-order valence-electron chi connectivity index (χ3n) is 8.22. The van der Waals surface area contributed by atoms with Crippen molar-refractivity contribution in [2.45, 2.75) is 76.3 Å². The Labute approximate surface area is 154 Å². The molecule has 3 aliphatic carbocycles. The second-order valence-corrected chi connectivity index (χ2v) is 9.79. The SMILES string of the molecule is CN1CCC2C[C@H]1CC2=CC1CCC(/C=C2\C[C@H]3CC2CCN3)CC1. The van der Waals surface area contributed by atoms with E-state index in [0.29, 0.717) is 0 Å². The Hall–Kier alpha value is -0.600. The molecule has 0 spiro atoms. The van der Waals surface area contributed by atoms with Crippen molar-refractivity contribution >= 4 is 0 Å². The van der Waals surface area contributed by atoms with E-state index in [1.807, 2.05) is 11.1 Å². The van der Waals surface area contributed by atoms with E-state index in [-0.39, 0.29) is 0 Å². The second kappa shape index (κ2) is 6.85. The van der Waals surface area contributed by atoms with E-state index >= 15 is 0 Å². The van der Waals surface area contributed by atoms with E-state index < -0.39 is 0 Å². The summed E-state index contributed by atoms with van der Waals surface area (Å²) in [6.45, 7) is 2.58. The van der Waals surface area contributed by atoms with Gasteiger partial charge in [0.25, 0.3) is 0 Å². The number of allylic oxidation sites excluding steroid dienone is 2. The Bertz CT molecular complexity index is 554. The van der Waals surface area contributed by atoms with Crippen LogP contribution in [0.2, 0.25) is 0 Å². The largest absolute Gasteiger partial charge is 0.314 e. The summed E-state index contributed by atoms with van der Waals surface area (Å²) >= 11 is 0. The van der Waals surface area contributed by atoms with Crippen LogP contribution in [0.1, 0.15) is 64.2 Å². The monoisotopic (exact) mass is 340 g/mol. The summed E-state index contributed by atoms with van der Waals surface area (Å²) in [7, 11) is 2.33. The number of piperidine rings is 2. The molecule has 4 bridgehead atoms. The number of hydrogen-bond donors (Lipinski definition) is 1. The predicted octanol–water partition coefficient (Wildman–Crippen LogP) is 4.53. The number of likely N-dealkylation sites (tertiary alicyclic amines) is 1. The third-order valence-corrected chi connectivity index (χ3v) is 8.22. The van der Waals surface area contributed by atoms with Gasteiger partial charge in [-0.2, -0.15) is 0 Å². The Morgan fingerprint density at radius 2 is 1.52 bits per heavy atom. The Morgan fingerprint density at radius 3 is 2.20 bits per heavy atom. The highest BCUT2D eigenvalue weighted by Crippen LogP contribution is 2.43. The first-order valence-corrected chi connectivity index (χ1v) is 11.1. The van der Waals surface area contributed by atoms with Gasteiger partial charge in [-0.05, 0) is 108 Å². The van der Waals surface area contributed by atoms with Crippen LogP contribution in [-0.4, -0.2) is 37.1 Å². The summed E-state index contributed by atoms with van der Waals surface area (Å²) in [6, 6.07) is 1.67. The molecule has 2 heteroatoms. The quantitative estimate of drug-likeness (QED) is 0.743. The molecule has 3 saturated carbocycles. The number of rotatable bonds is 2. The van der Waals surface area contributed by atoms with Crippen LogP contribution in [0.15, 0.2) is 23.3 Å². The van der Waals surface area contributed by atoms with E-state index in [2.05, 4.69) is 29.4 Å². The average molecular weight is 341 g/mol. The Kier molecular flexibility index (Phi) is 4.54. The van der Waals surface area contributed by atoms with Crippen LogP contribution in [0.4, 0.5) is 0 Å². The summed E-state index contributed by atoms with van der Waals surface area (Å²) in [5.74, 6) is 3.64. The van der Waals surface area contributed by atoms with Crippen LogP contribution in [0.5, 0.6) is 0 Å². The molecule has 0 radical (unpaired) electrons. The minimum absolute atomic E-state index is 0.811. The molecule has 2 saturated heterocycles. The van der Waals surface area contributed by atoms with Crippen molar-refractivity contribution in [2.24, 2.45) is 23.7 Å². The van der Waals surface area contributed by atoms with Crippen LogP contribution < -0.4 is 5.32 Å². The van der Waals surface area contributed by atoms with Gasteiger partial charge in [0.2, 0.25) is 0 Å². The molecule has 5 rings (SSSR count). The van der Waals surface area contributed by atoms with Gasteiger partial charge >= 0.3 is 0 Å². The fourth-order valence-corrected chi connectivity index (χ4v) is 6.62. The molecule has 5 fully saturated rings. The second-order valence-electron chi connectivity index (χ2n) is 9.79. The standard InChI is InChI=1S/C23H36N2/c1-25-9-7-19-14-23(25)15-21(19)11-17-4-2-16(3-5-17)10-20-13-22-12-18(20)6-8-24-22/h10-11,16-19,22-24H,2-9,12-15H2,1H3/b20-10+,21-11?/t16?,17?,18?,19?,22-,23+/m1/s1. The Morgan fingerprint density at radius 1 is 0.840 bits per heavy atom. The van der Waals surface area contributed by atoms with Crippen molar-refractivity contribution in [1.82, 2.24) is 10.2 Å². The molecular weight excluding hydrogens is 304 g/mol. The first-order chi connectivity index (χ1) is 12.2. The molecule has 25 heavy (non-hydrogen) atoms. The van der Waals surface area contributed by atoms with E-state index in [1.54, 1.807) is 0 Å². The van der Waals surface area contributed by atoms with Gasteiger partial charge in [-0.3, -0.25) is 0 Å². The smallest absolute Gasteiger partial charge is 0.0135 e. The van der Waals surface area contributed by atoms with Gasteiger partial charge in [-0.1, -0.05) is 23.3 Å². The highest BCUT2D eigenvalue weighted by molar-refractivity contribution is 5.20. The van der Waals surface area contributed by atoms with Crippen molar-refractivity contribution < 1.29 is 0 Å². The van der Waals surface area contributed by atoms with Gasteiger partial charge in [0, 0.05) is 12.1 Å². The third kappa shape index (κ3) is 3.37. The van der Waals surface area contributed by atoms with E-state index in [9.17, 15) is 0 Å². The van der Waals surface area contributed by atoms with Crippen molar-refractivity contribution in [1.29, 1.82) is 0 Å². The summed E-state index contributed by atoms with van der Waals surface area (Å²) in [5.41, 5.74) is 3.66. The fraction of sp³-hybridized carbons (Fsp3) is 0.826. The zero-order valence-electron chi connectivity index (χ0n) is 16.1. The van der Waals surface area contributed by atoms with Gasteiger partial charge in [0.15, 0.2) is 0 Å². The lowest BCUT2D eigenvalue weighted by molar-refractivity contribution is 0.194. The van der Waals surface area contributed by atoms with E-state index in [4.69, 9.17) is 0 Å². The number of fused-ring (bicyclic) bond motifs is 4. The zero-order valence-corrected chi connectivity index (χ0v) is 16.1. The minimum Gasteiger partial charge on any atom is -0.314 e. The fourth-order valence-electron chi connectivity index (χ4n) is 6.62. The highest BCUT2D eigenvalue weighted by atomic mass is 15.1. The lowest BCUT2D eigenvalue weighted by Crippen LogP contribution is -2.34. The molecule has 0 aromatic heterocycles. The van der Waals surface area contributed by atoms with Gasteiger partial charge in [-0.25, -0.2) is 0 Å². The summed E-state index contributed by atoms with van der Waals surface area (Å²) in [6.07, 6.45) is 19.6. The van der Waals surface area contributed by atoms with Crippen LogP contribution in [0, 0.1) is 23.7 Å². The van der Waals surface area contributed by atoms with Crippen LogP contribution >= 0.6 is 0 Å². The molecule has 1 N–H and O–H groups in total. The first kappa shape index (κ1) is 16.6. The van der Waals surface area contributed by atoms with Gasteiger partial charge in [0.1, 0.15) is 0 Å². The lowest BCUT2D eigenvalue weighted by atomic mass is 9.79. The summed E-state index contributed by atoms with van der Waals surface area (Å²) < 4.78 is 0. The van der Waals surface area contributed by atoms with Crippen LogP contribution in [0.3, 0.4) is 0 Å². The maximum Gasteiger partial charge on any atom is 0.0135 e. The van der Waals surface area contributed by atoms with Crippen molar-refractivity contribution in [3.05, 3.63) is 23.3 Å². The number of nitrogens with zero attached hydrogens (tertiary/aromatic N) is 1. The lowest BCUT2D eigenvalue weighted by Gasteiger charge is -2.29. The van der Waals surface area contributed by atoms with Crippen LogP contribution in [-0.2, 0) is 0 Å². The first-order valence-electron chi connectivity index (χ1n) is 11.1.